The molecule has 5 N–H and O–H groups in total. The Bertz CT molecular complexity index is 770. The molecule has 0 spiro atoms. The second-order valence-corrected chi connectivity index (χ2v) is 9.47. The van der Waals surface area contributed by atoms with E-state index in [2.05, 4.69) is 13.8 Å². The highest BCUT2D eigenvalue weighted by Gasteiger charge is 2.26. The molecule has 35 heavy (non-hydrogen) atoms. The molecule has 0 aliphatic carbocycles. The fourth-order valence-electron chi connectivity index (χ4n) is 3.74. The number of methoxy groups -OCH3 is 1. The van der Waals surface area contributed by atoms with E-state index < -0.39 is 30.0 Å². The molecular weight excluding hydrogens is 454 g/mol. The van der Waals surface area contributed by atoms with Crippen molar-refractivity contribution < 1.29 is 39.1 Å². The molecule has 200 valence electrons. The number of carboxylic acid groups (broad SMARTS) is 2. The molecule has 0 heterocycles. The molecule has 0 saturated heterocycles. The second kappa shape index (κ2) is 16.3. The molecule has 0 amide bonds. The number of hydrogen-bond acceptors (Lipinski definition) is 7. The number of nitrogens with two attached hydrogens (primary N) is 1. The molecule has 0 saturated carbocycles. The van der Waals surface area contributed by atoms with Gasteiger partial charge in [-0.3, -0.25) is 9.59 Å². The van der Waals surface area contributed by atoms with Crippen molar-refractivity contribution in [3.63, 3.8) is 0 Å². The largest absolute Gasteiger partial charge is 0.490 e. The first kappa shape index (κ1) is 30.7. The van der Waals surface area contributed by atoms with Crippen LogP contribution in [0.2, 0.25) is 0 Å². The van der Waals surface area contributed by atoms with Crippen molar-refractivity contribution in [1.82, 2.24) is 0 Å². The van der Waals surface area contributed by atoms with Crippen LogP contribution >= 0.6 is 0 Å². The topological polar surface area (TPSA) is 149 Å². The average Bonchev–Trinajstić information content (AvgIpc) is 2.79. The van der Waals surface area contributed by atoms with E-state index in [9.17, 15) is 14.7 Å². The maximum atomic E-state index is 11.1. The molecule has 0 radical (unpaired) electrons. The smallest absolute Gasteiger partial charge is 0.306 e. The summed E-state index contributed by atoms with van der Waals surface area (Å²) in [5.74, 6) is -0.843. The Morgan fingerprint density at radius 1 is 0.971 bits per heavy atom. The van der Waals surface area contributed by atoms with Crippen LogP contribution in [0.3, 0.4) is 0 Å². The molecule has 1 rings (SSSR count). The Labute approximate surface area is 208 Å². The highest BCUT2D eigenvalue weighted by molar-refractivity contribution is 5.69. The summed E-state index contributed by atoms with van der Waals surface area (Å²) in [4.78, 5) is 21.8. The van der Waals surface area contributed by atoms with Gasteiger partial charge in [0.05, 0.1) is 25.2 Å². The van der Waals surface area contributed by atoms with Gasteiger partial charge in [0, 0.05) is 32.6 Å². The van der Waals surface area contributed by atoms with Gasteiger partial charge >= 0.3 is 11.9 Å². The van der Waals surface area contributed by atoms with Gasteiger partial charge in [0.2, 0.25) is 0 Å². The Morgan fingerprint density at radius 3 is 2.23 bits per heavy atom. The molecular formula is C26H43NO8. The standard InChI is InChI=1S/C26H43NO8/c1-17(2)20(16-21(27)22(28)13-18(3)26(31)32)14-19-8-9-23(34-11-5-7-25(29)30)24(15-19)35-12-6-10-33-4/h8-9,15,17-18,20-22,28H,5-7,10-14,16,27H2,1-4H3,(H,29,30)(H,31,32)/t18-,20+,21+,22+/m1/s1. The minimum atomic E-state index is -0.944. The molecule has 0 unspecified atom stereocenters. The van der Waals surface area contributed by atoms with Crippen LogP contribution in [-0.2, 0) is 20.7 Å². The molecule has 1 aromatic rings. The number of aliphatic hydroxyl groups excluding tert-OH is 1. The van der Waals surface area contributed by atoms with Gasteiger partial charge in [0.1, 0.15) is 0 Å². The number of benzene rings is 1. The maximum absolute atomic E-state index is 11.1. The quantitative estimate of drug-likeness (QED) is 0.211. The zero-order chi connectivity index (χ0) is 26.4. The van der Waals surface area contributed by atoms with E-state index in [1.54, 1.807) is 14.0 Å². The van der Waals surface area contributed by atoms with Crippen LogP contribution in [-0.4, -0.2) is 66.3 Å². The van der Waals surface area contributed by atoms with Gasteiger partial charge in [-0.2, -0.15) is 0 Å². The highest BCUT2D eigenvalue weighted by Crippen LogP contribution is 2.32. The van der Waals surface area contributed by atoms with Gasteiger partial charge in [-0.1, -0.05) is 26.8 Å². The molecule has 0 aliphatic heterocycles. The summed E-state index contributed by atoms with van der Waals surface area (Å²) in [5.41, 5.74) is 7.29. The fourth-order valence-corrected chi connectivity index (χ4v) is 3.74. The first-order valence-electron chi connectivity index (χ1n) is 12.3. The first-order valence-corrected chi connectivity index (χ1v) is 12.3. The molecule has 9 heteroatoms. The van der Waals surface area contributed by atoms with Gasteiger partial charge in [-0.15, -0.1) is 0 Å². The SMILES string of the molecule is COCCCOc1cc(C[C@@H](C[C@H](N)[C@@H](O)C[C@@H](C)C(=O)O)C(C)C)ccc1OCCCC(=O)O. The molecule has 4 atom stereocenters. The third-order valence-electron chi connectivity index (χ3n) is 6.08. The van der Waals surface area contributed by atoms with E-state index in [4.69, 9.17) is 30.2 Å². The van der Waals surface area contributed by atoms with E-state index in [1.165, 1.54) is 0 Å². The van der Waals surface area contributed by atoms with E-state index in [0.29, 0.717) is 49.9 Å². The summed E-state index contributed by atoms with van der Waals surface area (Å²) in [7, 11) is 1.63. The summed E-state index contributed by atoms with van der Waals surface area (Å²) in [6.07, 6.45) is 1.65. The van der Waals surface area contributed by atoms with Crippen LogP contribution < -0.4 is 15.2 Å². The summed E-state index contributed by atoms with van der Waals surface area (Å²) in [6, 6.07) is 5.20. The van der Waals surface area contributed by atoms with Crippen molar-refractivity contribution in [2.75, 3.05) is 26.9 Å². The fraction of sp³-hybridized carbons (Fsp3) is 0.692. The van der Waals surface area contributed by atoms with Crippen LogP contribution in [0.15, 0.2) is 18.2 Å². The summed E-state index contributed by atoms with van der Waals surface area (Å²) in [5, 5.41) is 28.3. The van der Waals surface area contributed by atoms with Crippen molar-refractivity contribution in [1.29, 1.82) is 0 Å². The third-order valence-corrected chi connectivity index (χ3v) is 6.08. The number of hydrogen-bond donors (Lipinski definition) is 4. The van der Waals surface area contributed by atoms with Crippen LogP contribution in [0, 0.1) is 17.8 Å². The maximum Gasteiger partial charge on any atom is 0.306 e. The van der Waals surface area contributed by atoms with Crippen molar-refractivity contribution in [2.45, 2.75) is 71.4 Å². The number of rotatable bonds is 19. The molecule has 1 aromatic carbocycles. The zero-order valence-electron chi connectivity index (χ0n) is 21.4. The lowest BCUT2D eigenvalue weighted by atomic mass is 9.82. The number of ether oxygens (including phenoxy) is 3. The van der Waals surface area contributed by atoms with Gasteiger partial charge in [0.25, 0.3) is 0 Å². The van der Waals surface area contributed by atoms with Crippen LogP contribution in [0.1, 0.15) is 58.4 Å². The highest BCUT2D eigenvalue weighted by atomic mass is 16.5. The van der Waals surface area contributed by atoms with Gasteiger partial charge < -0.3 is 35.3 Å². The van der Waals surface area contributed by atoms with Crippen molar-refractivity contribution in [3.05, 3.63) is 23.8 Å². The molecule has 0 aromatic heterocycles. The number of carboxylic acids is 2. The zero-order valence-corrected chi connectivity index (χ0v) is 21.4. The molecule has 0 fully saturated rings. The average molecular weight is 498 g/mol. The van der Waals surface area contributed by atoms with E-state index >= 15 is 0 Å². The minimum Gasteiger partial charge on any atom is -0.490 e. The third kappa shape index (κ3) is 12.2. The Hall–Kier alpha value is -2.36. The summed E-state index contributed by atoms with van der Waals surface area (Å²) < 4.78 is 16.8. The van der Waals surface area contributed by atoms with E-state index in [-0.39, 0.29) is 25.4 Å². The minimum absolute atomic E-state index is 0.0372. The molecule has 0 bridgehead atoms. The predicted molar refractivity (Wildman–Crippen MR) is 133 cm³/mol. The second-order valence-electron chi connectivity index (χ2n) is 9.47. The van der Waals surface area contributed by atoms with Crippen molar-refractivity contribution >= 4 is 11.9 Å². The normalized spacial score (nSPS) is 14.8. The van der Waals surface area contributed by atoms with E-state index in [1.807, 2.05) is 18.2 Å². The van der Waals surface area contributed by atoms with Gasteiger partial charge in [-0.05, 0) is 55.2 Å². The van der Waals surface area contributed by atoms with Crippen LogP contribution in [0.4, 0.5) is 0 Å². The summed E-state index contributed by atoms with van der Waals surface area (Å²) >= 11 is 0. The number of aliphatic hydroxyl groups is 1. The Balaban J connectivity index is 2.89. The van der Waals surface area contributed by atoms with Gasteiger partial charge in [-0.25, -0.2) is 0 Å². The van der Waals surface area contributed by atoms with Crippen molar-refractivity contribution in [3.8, 4) is 11.5 Å². The molecule has 9 nitrogen and oxygen atoms in total. The van der Waals surface area contributed by atoms with Crippen LogP contribution in [0.5, 0.6) is 11.5 Å². The first-order chi connectivity index (χ1) is 16.5. The molecule has 0 aliphatic rings. The Morgan fingerprint density at radius 2 is 1.63 bits per heavy atom. The monoisotopic (exact) mass is 497 g/mol. The lowest BCUT2D eigenvalue weighted by Gasteiger charge is -2.28. The van der Waals surface area contributed by atoms with Gasteiger partial charge in [0.15, 0.2) is 11.5 Å². The lowest BCUT2D eigenvalue weighted by Crippen LogP contribution is -2.39. The number of carbonyl (C=O) groups is 2. The summed E-state index contributed by atoms with van der Waals surface area (Å²) in [6.45, 7) is 7.07. The van der Waals surface area contributed by atoms with Crippen molar-refractivity contribution in [2.24, 2.45) is 23.5 Å². The van der Waals surface area contributed by atoms with Crippen LogP contribution in [0.25, 0.3) is 0 Å². The lowest BCUT2D eigenvalue weighted by molar-refractivity contribution is -0.142. The Kier molecular flexibility index (Phi) is 14.3. The predicted octanol–water partition coefficient (Wildman–Crippen LogP) is 3.35. The van der Waals surface area contributed by atoms with E-state index in [0.717, 1.165) is 12.0 Å². The number of aliphatic carboxylic acids is 2.